The Hall–Kier alpha value is -1.91. The van der Waals surface area contributed by atoms with Crippen LogP contribution in [0.5, 0.6) is 5.75 Å². The van der Waals surface area contributed by atoms with E-state index < -0.39 is 20.7 Å². The fourth-order valence-electron chi connectivity index (χ4n) is 5.02. The van der Waals surface area contributed by atoms with Crippen LogP contribution in [-0.4, -0.2) is 49.5 Å². The van der Waals surface area contributed by atoms with Crippen LogP contribution in [0.4, 0.5) is 10.2 Å². The molecule has 0 radical (unpaired) electrons. The average molecular weight is 590 g/mol. The molecule has 1 fully saturated rings. The quantitative estimate of drug-likeness (QED) is 0.414. The normalized spacial score (nSPS) is 26.4. The van der Waals surface area contributed by atoms with Gasteiger partial charge in [0, 0.05) is 23.3 Å². The van der Waals surface area contributed by atoms with Crippen LogP contribution in [0.25, 0.3) is 0 Å². The third kappa shape index (κ3) is 6.23. The molecule has 2 aromatic rings. The van der Waals surface area contributed by atoms with E-state index in [1.54, 1.807) is 0 Å². The molecule has 1 aromatic carbocycles. The number of nitrogens with one attached hydrogen (secondary N) is 1. The Balaban J connectivity index is 1.52. The lowest BCUT2D eigenvalue weighted by atomic mass is 9.65. The van der Waals surface area contributed by atoms with Crippen LogP contribution >= 0.6 is 34.8 Å². The Bertz CT molecular complexity index is 1320. The maximum atomic E-state index is 15.0. The van der Waals surface area contributed by atoms with E-state index in [2.05, 4.69) is 32.6 Å². The number of hydrogen-bond donors (Lipinski definition) is 1. The Labute approximate surface area is 231 Å². The van der Waals surface area contributed by atoms with Crippen molar-refractivity contribution in [1.29, 1.82) is 0 Å². The molecule has 1 aromatic heterocycles. The first-order valence-corrected chi connectivity index (χ1v) is 14.4. The molecule has 1 heterocycles. The Kier molecular flexibility index (Phi) is 8.40. The molecule has 0 aliphatic heterocycles. The minimum absolute atomic E-state index is 0.00201. The zero-order valence-corrected chi connectivity index (χ0v) is 23.7. The number of sulfonamides is 1. The van der Waals surface area contributed by atoms with Gasteiger partial charge in [-0.3, -0.25) is 4.72 Å². The number of ether oxygens (including phenoxy) is 1. The van der Waals surface area contributed by atoms with E-state index in [1.165, 1.54) is 18.6 Å². The van der Waals surface area contributed by atoms with Gasteiger partial charge < -0.3 is 9.64 Å². The molecule has 0 bridgehead atoms. The van der Waals surface area contributed by atoms with Crippen LogP contribution in [-0.2, 0) is 10.0 Å². The molecular weight excluding hydrogens is 562 g/mol. The maximum Gasteiger partial charge on any atom is 0.266 e. The van der Waals surface area contributed by atoms with E-state index in [9.17, 15) is 8.42 Å². The first kappa shape index (κ1) is 28.1. The second-order valence-electron chi connectivity index (χ2n) is 9.88. The van der Waals surface area contributed by atoms with Gasteiger partial charge in [-0.25, -0.2) is 22.8 Å². The summed E-state index contributed by atoms with van der Waals surface area (Å²) in [6.07, 6.45) is 9.37. The van der Waals surface area contributed by atoms with Gasteiger partial charge in [-0.1, -0.05) is 47.8 Å². The first-order chi connectivity index (χ1) is 17.4. The van der Waals surface area contributed by atoms with Crippen molar-refractivity contribution in [2.24, 2.45) is 11.3 Å². The van der Waals surface area contributed by atoms with Gasteiger partial charge in [-0.15, -0.1) is 0 Å². The van der Waals surface area contributed by atoms with Gasteiger partial charge in [0.15, 0.2) is 0 Å². The highest BCUT2D eigenvalue weighted by atomic mass is 35.5. The van der Waals surface area contributed by atoms with Crippen LogP contribution in [0.1, 0.15) is 32.6 Å². The Morgan fingerprint density at radius 1 is 1.22 bits per heavy atom. The smallest absolute Gasteiger partial charge is 0.266 e. The maximum absolute atomic E-state index is 15.0. The highest BCUT2D eigenvalue weighted by Gasteiger charge is 2.42. The Morgan fingerprint density at radius 2 is 1.97 bits per heavy atom. The summed E-state index contributed by atoms with van der Waals surface area (Å²) in [7, 11) is -0.319. The molecule has 1 N–H and O–H groups in total. The SMILES string of the molecule is CN(C)[C@H]1C[C@@H](C2(C)C=CC(Cl)=C(Cl)C2)CC[C@@H]1Oc1cc(F)c(S(=O)(=O)Nc2ccncn2)cc1Cl. The lowest BCUT2D eigenvalue weighted by molar-refractivity contribution is 0.0174. The molecule has 0 spiro atoms. The number of allylic oxidation sites excluding steroid dienone is 4. The van der Waals surface area contributed by atoms with Crippen LogP contribution in [0.2, 0.25) is 5.02 Å². The van der Waals surface area contributed by atoms with Gasteiger partial charge in [0.1, 0.15) is 34.7 Å². The molecule has 37 heavy (non-hydrogen) atoms. The van der Waals surface area contributed by atoms with Crippen molar-refractivity contribution >= 4 is 50.6 Å². The zero-order chi connectivity index (χ0) is 27.0. The molecule has 1 saturated carbocycles. The van der Waals surface area contributed by atoms with Gasteiger partial charge >= 0.3 is 0 Å². The fraction of sp³-hybridized carbons (Fsp3) is 0.440. The summed E-state index contributed by atoms with van der Waals surface area (Å²) in [5.41, 5.74) is -0.134. The zero-order valence-electron chi connectivity index (χ0n) is 20.6. The van der Waals surface area contributed by atoms with Crippen LogP contribution in [0, 0.1) is 17.2 Å². The summed E-state index contributed by atoms with van der Waals surface area (Å²) in [5.74, 6) is -0.537. The summed E-state index contributed by atoms with van der Waals surface area (Å²) < 4.78 is 48.9. The second kappa shape index (κ2) is 11.1. The molecule has 0 amide bonds. The number of hydrogen-bond acceptors (Lipinski definition) is 6. The molecule has 1 unspecified atom stereocenters. The second-order valence-corrected chi connectivity index (χ2v) is 12.8. The van der Waals surface area contributed by atoms with Crippen molar-refractivity contribution < 1.29 is 17.5 Å². The molecule has 0 saturated heterocycles. The minimum atomic E-state index is -4.27. The summed E-state index contributed by atoms with van der Waals surface area (Å²) in [4.78, 5) is 9.02. The van der Waals surface area contributed by atoms with Gasteiger partial charge in [-0.05, 0) is 69.3 Å². The number of rotatable bonds is 7. The molecule has 200 valence electrons. The van der Waals surface area contributed by atoms with Crippen molar-refractivity contribution in [1.82, 2.24) is 14.9 Å². The lowest BCUT2D eigenvalue weighted by Gasteiger charge is -2.46. The van der Waals surface area contributed by atoms with Crippen LogP contribution in [0.15, 0.2) is 57.8 Å². The molecule has 4 rings (SSSR count). The highest BCUT2D eigenvalue weighted by Crippen LogP contribution is 2.49. The third-order valence-corrected chi connectivity index (χ3v) is 9.58. The summed E-state index contributed by atoms with van der Waals surface area (Å²) in [6, 6.07) is 3.45. The standard InChI is InChI=1S/C25H28Cl3FN4O3S/c1-25(8-6-16(26)18(28)13-25)15-4-5-21(20(10-15)33(2)3)36-22-12-19(29)23(11-17(22)27)37(34,35)32-24-7-9-30-14-31-24/h6-9,11-12,14-15,20-21H,4-5,10,13H2,1-3H3,(H,30,31,32)/t15-,20-,21-,25?/m0/s1. The van der Waals surface area contributed by atoms with Crippen molar-refractivity contribution in [2.75, 3.05) is 18.8 Å². The molecule has 7 nitrogen and oxygen atoms in total. The van der Waals surface area contributed by atoms with E-state index in [0.29, 0.717) is 28.8 Å². The summed E-state index contributed by atoms with van der Waals surface area (Å²) in [6.45, 7) is 2.19. The number of nitrogens with zero attached hydrogens (tertiary/aromatic N) is 3. The number of halogens is 4. The van der Waals surface area contributed by atoms with E-state index in [4.69, 9.17) is 39.5 Å². The molecular formula is C25H28Cl3FN4O3S. The molecule has 2 aliphatic carbocycles. The minimum Gasteiger partial charge on any atom is -0.487 e. The summed E-state index contributed by atoms with van der Waals surface area (Å²) >= 11 is 19.0. The van der Waals surface area contributed by atoms with E-state index in [0.717, 1.165) is 25.0 Å². The van der Waals surface area contributed by atoms with Gasteiger partial charge in [0.25, 0.3) is 10.0 Å². The average Bonchev–Trinajstić information content (AvgIpc) is 2.84. The first-order valence-electron chi connectivity index (χ1n) is 11.7. The fourth-order valence-corrected chi connectivity index (χ4v) is 6.87. The van der Waals surface area contributed by atoms with Gasteiger partial charge in [-0.2, -0.15) is 0 Å². The molecule has 4 atom stereocenters. The van der Waals surface area contributed by atoms with Gasteiger partial charge in [0.2, 0.25) is 0 Å². The number of anilines is 1. The highest BCUT2D eigenvalue weighted by molar-refractivity contribution is 7.92. The Morgan fingerprint density at radius 3 is 2.62 bits per heavy atom. The molecule has 2 aliphatic rings. The van der Waals surface area contributed by atoms with Crippen molar-refractivity contribution in [3.63, 3.8) is 0 Å². The van der Waals surface area contributed by atoms with Crippen LogP contribution < -0.4 is 9.46 Å². The monoisotopic (exact) mass is 588 g/mol. The molecule has 12 heteroatoms. The third-order valence-electron chi connectivity index (χ3n) is 7.13. The number of benzene rings is 1. The van der Waals surface area contributed by atoms with Crippen molar-refractivity contribution in [3.8, 4) is 5.75 Å². The predicted molar refractivity (Wildman–Crippen MR) is 144 cm³/mol. The van der Waals surface area contributed by atoms with E-state index in [1.807, 2.05) is 20.2 Å². The number of likely N-dealkylation sites (N-methyl/N-ethyl adjacent to an activating group) is 1. The number of aromatic nitrogens is 2. The van der Waals surface area contributed by atoms with E-state index >= 15 is 4.39 Å². The lowest BCUT2D eigenvalue weighted by Crippen LogP contribution is -2.49. The van der Waals surface area contributed by atoms with Gasteiger partial charge in [0.05, 0.1) is 10.1 Å². The van der Waals surface area contributed by atoms with Crippen molar-refractivity contribution in [3.05, 3.63) is 63.8 Å². The predicted octanol–water partition coefficient (Wildman–Crippen LogP) is 6.20. The largest absolute Gasteiger partial charge is 0.487 e. The topological polar surface area (TPSA) is 84.4 Å². The van der Waals surface area contributed by atoms with Crippen molar-refractivity contribution in [2.45, 2.75) is 49.6 Å². The van der Waals surface area contributed by atoms with E-state index in [-0.39, 0.29) is 34.2 Å². The van der Waals surface area contributed by atoms with Crippen LogP contribution in [0.3, 0.4) is 0 Å². The summed E-state index contributed by atoms with van der Waals surface area (Å²) in [5, 5.41) is 1.24.